The molecule has 0 bridgehead atoms. The molecule has 1 aromatic heterocycles. The maximum Gasteiger partial charge on any atom is 0.251 e. The molecule has 1 aliphatic heterocycles. The molecule has 1 aliphatic carbocycles. The Bertz CT molecular complexity index is 1050. The van der Waals surface area contributed by atoms with Gasteiger partial charge in [0.05, 0.1) is 24.1 Å². The molecule has 3 amide bonds. The van der Waals surface area contributed by atoms with Crippen molar-refractivity contribution in [3.05, 3.63) is 65.9 Å². The molecule has 1 saturated heterocycles. The number of nitrogens with one attached hydrogen (secondary N) is 2. The van der Waals surface area contributed by atoms with Gasteiger partial charge in [-0.15, -0.1) is 0 Å². The molecule has 0 spiro atoms. The predicted octanol–water partition coefficient (Wildman–Crippen LogP) is 2.00. The summed E-state index contributed by atoms with van der Waals surface area (Å²) < 4.78 is 10.4. The maximum atomic E-state index is 13.0. The molecule has 2 aliphatic rings. The topological polar surface area (TPSA) is 110 Å². The summed E-state index contributed by atoms with van der Waals surface area (Å²) in [6.45, 7) is 1.17. The van der Waals surface area contributed by atoms with Gasteiger partial charge in [-0.25, -0.2) is 9.99 Å². The fraction of sp³-hybridized carbons (Fsp3) is 0.333. The van der Waals surface area contributed by atoms with Crippen LogP contribution in [0, 0.1) is 11.8 Å². The van der Waals surface area contributed by atoms with Crippen molar-refractivity contribution in [2.75, 3.05) is 25.3 Å². The molecule has 172 valence electrons. The molecule has 2 N–H and O–H groups in total. The van der Waals surface area contributed by atoms with Crippen molar-refractivity contribution in [2.24, 2.45) is 11.8 Å². The Balaban J connectivity index is 1.38. The number of nitrogens with zero attached hydrogens (tertiary/aromatic N) is 2. The number of anilines is 1. The first-order chi connectivity index (χ1) is 16.1. The molecule has 9 heteroatoms. The Morgan fingerprint density at radius 3 is 2.73 bits per heavy atom. The van der Waals surface area contributed by atoms with Crippen LogP contribution in [0.2, 0.25) is 0 Å². The van der Waals surface area contributed by atoms with Crippen LogP contribution < -0.4 is 20.5 Å². The van der Waals surface area contributed by atoms with Crippen LogP contribution in [0.1, 0.15) is 28.8 Å². The van der Waals surface area contributed by atoms with E-state index in [1.54, 1.807) is 43.6 Å². The number of benzene rings is 1. The standard InChI is InChI=1S/C24H26N4O5/c1-32-11-12-33-21-10-9-16(14-25-21)15-26-22(29)17-5-4-6-18(13-17)28-24(31)20-8-3-2-7-19(20)23(30)27-28/h2-6,9-10,13-14,19-20H,7-8,11-12,15H2,1H3,(H,26,29)(H,27,30). The zero-order chi connectivity index (χ0) is 23.2. The van der Waals surface area contributed by atoms with Crippen LogP contribution in [0.25, 0.3) is 0 Å². The van der Waals surface area contributed by atoms with Crippen molar-refractivity contribution in [1.82, 2.24) is 15.7 Å². The average molecular weight is 450 g/mol. The molecular weight excluding hydrogens is 424 g/mol. The lowest BCUT2D eigenvalue weighted by Gasteiger charge is -2.38. The largest absolute Gasteiger partial charge is 0.475 e. The highest BCUT2D eigenvalue weighted by molar-refractivity contribution is 6.05. The maximum absolute atomic E-state index is 13.0. The second kappa shape index (κ2) is 10.3. The molecule has 9 nitrogen and oxygen atoms in total. The molecule has 0 radical (unpaired) electrons. The van der Waals surface area contributed by atoms with Crippen molar-refractivity contribution in [3.63, 3.8) is 0 Å². The first-order valence-corrected chi connectivity index (χ1v) is 10.8. The molecule has 2 unspecified atom stereocenters. The molecule has 2 atom stereocenters. The molecule has 4 rings (SSSR count). The number of hydrogen-bond acceptors (Lipinski definition) is 6. The number of ether oxygens (including phenoxy) is 2. The van der Waals surface area contributed by atoms with Crippen molar-refractivity contribution in [2.45, 2.75) is 19.4 Å². The highest BCUT2D eigenvalue weighted by Crippen LogP contribution is 2.32. The van der Waals surface area contributed by atoms with Crippen LogP contribution in [0.15, 0.2) is 54.7 Å². The van der Waals surface area contributed by atoms with E-state index in [1.807, 2.05) is 18.2 Å². The third-order valence-corrected chi connectivity index (χ3v) is 5.68. The number of carbonyl (C=O) groups is 3. The normalized spacial score (nSPS) is 19.6. The fourth-order valence-electron chi connectivity index (χ4n) is 3.88. The van der Waals surface area contributed by atoms with Crippen LogP contribution in [-0.4, -0.2) is 43.0 Å². The average Bonchev–Trinajstić information content (AvgIpc) is 2.86. The van der Waals surface area contributed by atoms with Gasteiger partial charge >= 0.3 is 0 Å². The number of hydrazine groups is 1. The Hall–Kier alpha value is -3.72. The van der Waals surface area contributed by atoms with E-state index in [1.165, 1.54) is 5.01 Å². The van der Waals surface area contributed by atoms with E-state index >= 15 is 0 Å². The Morgan fingerprint density at radius 1 is 1.15 bits per heavy atom. The summed E-state index contributed by atoms with van der Waals surface area (Å²) in [4.78, 5) is 42.4. The van der Waals surface area contributed by atoms with Crippen molar-refractivity contribution < 1.29 is 23.9 Å². The van der Waals surface area contributed by atoms with Gasteiger partial charge in [0.15, 0.2) is 0 Å². The van der Waals surface area contributed by atoms with Gasteiger partial charge in [0.2, 0.25) is 17.7 Å². The van der Waals surface area contributed by atoms with Gasteiger partial charge in [0.25, 0.3) is 5.91 Å². The molecular formula is C24H26N4O5. The molecule has 33 heavy (non-hydrogen) atoms. The minimum absolute atomic E-state index is 0.166. The second-order valence-electron chi connectivity index (χ2n) is 7.88. The highest BCUT2D eigenvalue weighted by Gasteiger charge is 2.42. The predicted molar refractivity (Wildman–Crippen MR) is 120 cm³/mol. The van der Waals surface area contributed by atoms with E-state index in [9.17, 15) is 14.4 Å². The first-order valence-electron chi connectivity index (χ1n) is 10.8. The quantitative estimate of drug-likeness (QED) is 0.470. The Morgan fingerprint density at radius 2 is 1.97 bits per heavy atom. The van der Waals surface area contributed by atoms with Gasteiger partial charge in [-0.1, -0.05) is 24.3 Å². The zero-order valence-electron chi connectivity index (χ0n) is 18.3. The van der Waals surface area contributed by atoms with Crippen molar-refractivity contribution in [3.8, 4) is 5.88 Å². The Kier molecular flexibility index (Phi) is 6.99. The third kappa shape index (κ3) is 5.20. The van der Waals surface area contributed by atoms with Crippen LogP contribution in [0.5, 0.6) is 5.88 Å². The molecule has 2 heterocycles. The number of allylic oxidation sites excluding steroid dienone is 2. The summed E-state index contributed by atoms with van der Waals surface area (Å²) >= 11 is 0. The van der Waals surface area contributed by atoms with E-state index in [-0.39, 0.29) is 36.1 Å². The van der Waals surface area contributed by atoms with E-state index in [0.717, 1.165) is 5.56 Å². The van der Waals surface area contributed by atoms with Gasteiger partial charge in [0.1, 0.15) is 6.61 Å². The van der Waals surface area contributed by atoms with Crippen LogP contribution in [0.3, 0.4) is 0 Å². The number of pyridine rings is 1. The second-order valence-corrected chi connectivity index (χ2v) is 7.88. The zero-order valence-corrected chi connectivity index (χ0v) is 18.3. The van der Waals surface area contributed by atoms with Gasteiger partial charge in [-0.05, 0) is 36.6 Å². The summed E-state index contributed by atoms with van der Waals surface area (Å²) in [5, 5.41) is 4.10. The molecule has 2 aromatic rings. The van der Waals surface area contributed by atoms with Gasteiger partial charge in [-0.2, -0.15) is 0 Å². The lowest BCUT2D eigenvalue weighted by Crippen LogP contribution is -2.59. The van der Waals surface area contributed by atoms with Crippen molar-refractivity contribution in [1.29, 1.82) is 0 Å². The van der Waals surface area contributed by atoms with Gasteiger partial charge in [-0.3, -0.25) is 19.8 Å². The van der Waals surface area contributed by atoms with E-state index in [4.69, 9.17) is 9.47 Å². The lowest BCUT2D eigenvalue weighted by molar-refractivity contribution is -0.139. The SMILES string of the molecule is COCCOc1ccc(CNC(=O)c2cccc(N3NC(=O)C4CC=CCC4C3=O)c2)cn1. The van der Waals surface area contributed by atoms with E-state index < -0.39 is 0 Å². The summed E-state index contributed by atoms with van der Waals surface area (Å²) in [5.74, 6) is -0.877. The van der Waals surface area contributed by atoms with E-state index in [2.05, 4.69) is 15.7 Å². The number of methoxy groups -OCH3 is 1. The summed E-state index contributed by atoms with van der Waals surface area (Å²) in [6, 6.07) is 10.2. The number of carbonyl (C=O) groups excluding carboxylic acids is 3. The smallest absolute Gasteiger partial charge is 0.251 e. The first kappa shape index (κ1) is 22.5. The number of hydrogen-bond donors (Lipinski definition) is 2. The van der Waals surface area contributed by atoms with E-state index in [0.29, 0.717) is 43.2 Å². The van der Waals surface area contributed by atoms with Crippen molar-refractivity contribution >= 4 is 23.4 Å². The van der Waals surface area contributed by atoms with Gasteiger partial charge < -0.3 is 14.8 Å². The Labute approximate surface area is 191 Å². The summed E-state index contributed by atoms with van der Waals surface area (Å²) in [6.07, 6.45) is 6.61. The molecule has 0 saturated carbocycles. The minimum Gasteiger partial charge on any atom is -0.475 e. The number of amides is 3. The number of aromatic nitrogens is 1. The highest BCUT2D eigenvalue weighted by atomic mass is 16.5. The summed E-state index contributed by atoms with van der Waals surface area (Å²) in [5.41, 5.74) is 4.33. The van der Waals surface area contributed by atoms with Crippen LogP contribution in [-0.2, 0) is 20.9 Å². The molecule has 1 fully saturated rings. The number of rotatable bonds is 8. The monoisotopic (exact) mass is 450 g/mol. The summed E-state index contributed by atoms with van der Waals surface area (Å²) in [7, 11) is 1.60. The van der Waals surface area contributed by atoms with Gasteiger partial charge in [0, 0.05) is 31.5 Å². The third-order valence-electron chi connectivity index (χ3n) is 5.68. The molecule has 1 aromatic carbocycles. The van der Waals surface area contributed by atoms with Crippen LogP contribution >= 0.6 is 0 Å². The lowest BCUT2D eigenvalue weighted by atomic mass is 9.80. The van der Waals surface area contributed by atoms with Crippen LogP contribution in [0.4, 0.5) is 5.69 Å². The fourth-order valence-corrected chi connectivity index (χ4v) is 3.88. The number of fused-ring (bicyclic) bond motifs is 1. The minimum atomic E-state index is -0.379.